The van der Waals surface area contributed by atoms with E-state index < -0.39 is 0 Å². The molecule has 3 heterocycles. The average molecular weight is 292 g/mol. The van der Waals surface area contributed by atoms with Crippen molar-refractivity contribution in [3.05, 3.63) is 11.9 Å². The number of nitrogens with one attached hydrogen (secondary N) is 2. The molecule has 0 bridgehead atoms. The van der Waals surface area contributed by atoms with Gasteiger partial charge in [0.25, 0.3) is 5.91 Å². The first-order chi connectivity index (χ1) is 10.2. The van der Waals surface area contributed by atoms with Crippen molar-refractivity contribution in [3.8, 4) is 0 Å². The van der Waals surface area contributed by atoms with Crippen LogP contribution in [0.25, 0.3) is 0 Å². The summed E-state index contributed by atoms with van der Waals surface area (Å²) in [5.41, 5.74) is 0.412. The highest BCUT2D eigenvalue weighted by Gasteiger charge is 2.22. The Morgan fingerprint density at radius 2 is 2.24 bits per heavy atom. The predicted molar refractivity (Wildman–Crippen MR) is 79.1 cm³/mol. The minimum atomic E-state index is -0.123. The van der Waals surface area contributed by atoms with E-state index in [2.05, 4.69) is 32.8 Å². The van der Waals surface area contributed by atoms with E-state index in [1.807, 2.05) is 0 Å². The highest BCUT2D eigenvalue weighted by Crippen LogP contribution is 2.11. The van der Waals surface area contributed by atoms with Gasteiger partial charge in [0.15, 0.2) is 5.69 Å². The van der Waals surface area contributed by atoms with Crippen LogP contribution in [-0.2, 0) is 0 Å². The van der Waals surface area contributed by atoms with Gasteiger partial charge < -0.3 is 15.5 Å². The number of nitrogens with zero attached hydrogens (tertiary/aromatic N) is 4. The van der Waals surface area contributed by atoms with Crippen LogP contribution in [0.3, 0.4) is 0 Å². The van der Waals surface area contributed by atoms with Crippen LogP contribution in [0, 0.1) is 5.92 Å². The molecule has 1 unspecified atom stereocenters. The van der Waals surface area contributed by atoms with E-state index in [0.29, 0.717) is 24.2 Å². The van der Waals surface area contributed by atoms with Crippen LogP contribution in [0.4, 0.5) is 0 Å². The summed E-state index contributed by atoms with van der Waals surface area (Å²) in [6, 6.07) is 0.341. The van der Waals surface area contributed by atoms with Crippen LogP contribution < -0.4 is 10.6 Å². The molecular weight excluding hydrogens is 268 g/mol. The minimum absolute atomic E-state index is 0.123. The third-order valence-electron chi connectivity index (χ3n) is 4.26. The smallest absolute Gasteiger partial charge is 0.273 e. The maximum Gasteiger partial charge on any atom is 0.273 e. The summed E-state index contributed by atoms with van der Waals surface area (Å²) in [5, 5.41) is 14.1. The second-order valence-electron chi connectivity index (χ2n) is 6.22. The van der Waals surface area contributed by atoms with Crippen molar-refractivity contribution >= 4 is 5.91 Å². The molecule has 1 atom stereocenters. The van der Waals surface area contributed by atoms with Gasteiger partial charge >= 0.3 is 0 Å². The number of rotatable bonds is 6. The van der Waals surface area contributed by atoms with Crippen LogP contribution >= 0.6 is 0 Å². The Hall–Kier alpha value is -1.47. The fraction of sp³-hybridized carbons (Fsp3) is 0.786. The highest BCUT2D eigenvalue weighted by molar-refractivity contribution is 5.91. The van der Waals surface area contributed by atoms with Crippen molar-refractivity contribution in [2.45, 2.75) is 25.8 Å². The van der Waals surface area contributed by atoms with E-state index in [-0.39, 0.29) is 5.91 Å². The fourth-order valence-electron chi connectivity index (χ4n) is 2.85. The molecule has 3 rings (SSSR count). The molecule has 2 saturated heterocycles. The molecule has 2 N–H and O–H groups in total. The monoisotopic (exact) mass is 292 g/mol. The Morgan fingerprint density at radius 1 is 1.48 bits per heavy atom. The number of hydrogen-bond acceptors (Lipinski definition) is 5. The number of amides is 1. The maximum absolute atomic E-state index is 12.1. The van der Waals surface area contributed by atoms with Gasteiger partial charge in [-0.05, 0) is 31.8 Å². The van der Waals surface area contributed by atoms with E-state index in [1.165, 1.54) is 25.9 Å². The summed E-state index contributed by atoms with van der Waals surface area (Å²) in [4.78, 5) is 14.5. The summed E-state index contributed by atoms with van der Waals surface area (Å²) in [6.45, 7) is 8.11. The lowest BCUT2D eigenvalue weighted by Crippen LogP contribution is -2.43. The Labute approximate surface area is 125 Å². The second-order valence-corrected chi connectivity index (χ2v) is 6.22. The number of carbonyl (C=O) groups is 1. The van der Waals surface area contributed by atoms with Gasteiger partial charge in [0.2, 0.25) is 0 Å². The largest absolute Gasteiger partial charge is 0.350 e. The summed E-state index contributed by atoms with van der Waals surface area (Å²) in [6.07, 6.45) is 4.35. The van der Waals surface area contributed by atoms with Gasteiger partial charge in [-0.3, -0.25) is 4.79 Å². The van der Waals surface area contributed by atoms with E-state index >= 15 is 0 Å². The standard InChI is InChI=1S/C14H24N6O/c1-11(9-19-4-2-3-5-19)6-16-14(21)13-10-20(18-17-13)12-7-15-8-12/h10-12,15H,2-9H2,1H3,(H,16,21). The lowest BCUT2D eigenvalue weighted by atomic mass is 10.1. The van der Waals surface area contributed by atoms with E-state index in [4.69, 9.17) is 0 Å². The molecule has 7 heteroatoms. The number of likely N-dealkylation sites (tertiary alicyclic amines) is 1. The third kappa shape index (κ3) is 3.59. The zero-order chi connectivity index (χ0) is 14.7. The van der Waals surface area contributed by atoms with E-state index in [1.54, 1.807) is 10.9 Å². The molecule has 0 radical (unpaired) electrons. The number of hydrogen-bond donors (Lipinski definition) is 2. The molecule has 0 spiro atoms. The first-order valence-corrected chi connectivity index (χ1v) is 7.85. The zero-order valence-electron chi connectivity index (χ0n) is 12.6. The van der Waals surface area contributed by atoms with E-state index in [9.17, 15) is 4.79 Å². The van der Waals surface area contributed by atoms with Crippen molar-refractivity contribution in [2.75, 3.05) is 39.3 Å². The van der Waals surface area contributed by atoms with Crippen molar-refractivity contribution in [3.63, 3.8) is 0 Å². The molecule has 1 aromatic rings. The zero-order valence-corrected chi connectivity index (χ0v) is 12.6. The van der Waals surface area contributed by atoms with Gasteiger partial charge in [-0.2, -0.15) is 0 Å². The molecule has 116 valence electrons. The lowest BCUT2D eigenvalue weighted by Gasteiger charge is -2.26. The van der Waals surface area contributed by atoms with Gasteiger partial charge in [0.05, 0.1) is 12.2 Å². The van der Waals surface area contributed by atoms with Crippen molar-refractivity contribution in [2.24, 2.45) is 5.92 Å². The summed E-state index contributed by atoms with van der Waals surface area (Å²) < 4.78 is 1.78. The molecular formula is C14H24N6O. The molecule has 7 nitrogen and oxygen atoms in total. The number of carbonyl (C=O) groups excluding carboxylic acids is 1. The minimum Gasteiger partial charge on any atom is -0.350 e. The van der Waals surface area contributed by atoms with Gasteiger partial charge in [-0.15, -0.1) is 5.10 Å². The first-order valence-electron chi connectivity index (χ1n) is 7.85. The van der Waals surface area contributed by atoms with Crippen molar-refractivity contribution < 1.29 is 4.79 Å². The SMILES string of the molecule is CC(CNC(=O)c1cn(C2CNC2)nn1)CN1CCCC1. The molecule has 1 amide bonds. The topological polar surface area (TPSA) is 75.1 Å². The first kappa shape index (κ1) is 14.5. The van der Waals surface area contributed by atoms with Crippen molar-refractivity contribution in [1.29, 1.82) is 0 Å². The van der Waals surface area contributed by atoms with Crippen LogP contribution in [-0.4, -0.2) is 65.1 Å². The maximum atomic E-state index is 12.1. The van der Waals surface area contributed by atoms with Crippen LogP contribution in [0.1, 0.15) is 36.3 Å². The van der Waals surface area contributed by atoms with Gasteiger partial charge in [-0.25, -0.2) is 4.68 Å². The lowest BCUT2D eigenvalue weighted by molar-refractivity contribution is 0.0940. The fourth-order valence-corrected chi connectivity index (χ4v) is 2.85. The average Bonchev–Trinajstić information content (AvgIpc) is 3.05. The molecule has 2 fully saturated rings. The predicted octanol–water partition coefficient (Wildman–Crippen LogP) is -0.116. The summed E-state index contributed by atoms with van der Waals surface area (Å²) >= 11 is 0. The Balaban J connectivity index is 1.43. The Kier molecular flexibility index (Phi) is 4.50. The van der Waals surface area contributed by atoms with Crippen LogP contribution in [0.5, 0.6) is 0 Å². The highest BCUT2D eigenvalue weighted by atomic mass is 16.2. The van der Waals surface area contributed by atoms with E-state index in [0.717, 1.165) is 19.6 Å². The normalized spacial score (nSPS) is 21.2. The molecule has 0 aliphatic carbocycles. The molecule has 2 aliphatic rings. The van der Waals surface area contributed by atoms with Gasteiger partial charge in [-0.1, -0.05) is 12.1 Å². The van der Waals surface area contributed by atoms with Gasteiger partial charge in [0.1, 0.15) is 0 Å². The van der Waals surface area contributed by atoms with Crippen LogP contribution in [0.15, 0.2) is 6.20 Å². The van der Waals surface area contributed by atoms with Crippen molar-refractivity contribution in [1.82, 2.24) is 30.5 Å². The Morgan fingerprint density at radius 3 is 2.90 bits per heavy atom. The molecule has 0 aromatic carbocycles. The number of aromatic nitrogens is 3. The second kappa shape index (κ2) is 6.53. The molecule has 21 heavy (non-hydrogen) atoms. The summed E-state index contributed by atoms with van der Waals surface area (Å²) in [5.74, 6) is 0.333. The quantitative estimate of drug-likeness (QED) is 0.765. The Bertz CT molecular complexity index is 478. The molecule has 1 aromatic heterocycles. The molecule has 2 aliphatic heterocycles. The van der Waals surface area contributed by atoms with Gasteiger partial charge in [0, 0.05) is 26.2 Å². The molecule has 0 saturated carbocycles. The third-order valence-corrected chi connectivity index (χ3v) is 4.26. The van der Waals surface area contributed by atoms with Crippen LogP contribution in [0.2, 0.25) is 0 Å². The summed E-state index contributed by atoms with van der Waals surface area (Å²) in [7, 11) is 0.